The fourth-order valence-corrected chi connectivity index (χ4v) is 5.99. The lowest BCUT2D eigenvalue weighted by Crippen LogP contribution is -2.65. The van der Waals surface area contributed by atoms with Crippen molar-refractivity contribution in [2.75, 3.05) is 19.8 Å². The summed E-state index contributed by atoms with van der Waals surface area (Å²) in [5, 5.41) is 44.4. The summed E-state index contributed by atoms with van der Waals surface area (Å²) in [6.07, 6.45) is 3.14. The Labute approximate surface area is 210 Å². The van der Waals surface area contributed by atoms with Crippen LogP contribution >= 0.6 is 0 Å². The summed E-state index contributed by atoms with van der Waals surface area (Å²) in [4.78, 5) is 48.5. The van der Waals surface area contributed by atoms with Gasteiger partial charge in [0, 0.05) is 29.4 Å². The molecule has 1 fully saturated rings. The number of Topliss-reactive ketones (excluding diaryl/α,β-unsaturated/α-hetero) is 2. The third kappa shape index (κ3) is 3.26. The van der Waals surface area contributed by atoms with E-state index in [9.17, 15) is 34.8 Å². The van der Waals surface area contributed by atoms with Crippen molar-refractivity contribution < 1.29 is 34.8 Å². The number of phenols is 1. The zero-order valence-electron chi connectivity index (χ0n) is 20.0. The molecule has 12 heteroatoms. The van der Waals surface area contributed by atoms with Crippen molar-refractivity contribution in [1.29, 1.82) is 0 Å². The number of aromatic nitrogens is 2. The lowest BCUT2D eigenvalue weighted by atomic mass is 9.57. The summed E-state index contributed by atoms with van der Waals surface area (Å²) >= 11 is 0. The lowest BCUT2D eigenvalue weighted by Gasteiger charge is -2.50. The second-order valence-electron chi connectivity index (χ2n) is 9.78. The van der Waals surface area contributed by atoms with E-state index in [1.165, 1.54) is 23.4 Å². The quantitative estimate of drug-likeness (QED) is 0.304. The normalized spacial score (nSPS) is 27.2. The number of aromatic hydroxyl groups is 1. The van der Waals surface area contributed by atoms with Gasteiger partial charge in [0.2, 0.25) is 11.7 Å². The van der Waals surface area contributed by atoms with Crippen LogP contribution in [0, 0.1) is 11.8 Å². The maximum absolute atomic E-state index is 13.8. The molecule has 37 heavy (non-hydrogen) atoms. The van der Waals surface area contributed by atoms with Crippen LogP contribution in [0.1, 0.15) is 17.5 Å². The summed E-state index contributed by atoms with van der Waals surface area (Å²) in [5.41, 5.74) is 8.84. The first-order valence-electron chi connectivity index (χ1n) is 11.5. The van der Waals surface area contributed by atoms with Gasteiger partial charge in [-0.1, -0.05) is 6.07 Å². The smallest absolute Gasteiger partial charge is 0.255 e. The molecule has 0 spiro atoms. The molecule has 4 atom stereocenters. The summed E-state index contributed by atoms with van der Waals surface area (Å²) in [6.45, 7) is 0. The highest BCUT2D eigenvalue weighted by atomic mass is 16.3. The van der Waals surface area contributed by atoms with Gasteiger partial charge in [0.1, 0.15) is 22.8 Å². The minimum atomic E-state index is -2.68. The molecule has 192 valence electrons. The monoisotopic (exact) mass is 507 g/mol. The molecule has 8 N–H and O–H groups in total. The molecule has 0 unspecified atom stereocenters. The molecule has 1 heterocycles. The van der Waals surface area contributed by atoms with E-state index >= 15 is 0 Å². The van der Waals surface area contributed by atoms with Crippen LogP contribution in [0.15, 0.2) is 41.4 Å². The number of likely N-dealkylation sites (N-methyl/N-ethyl adjacent to an activating group) is 1. The van der Waals surface area contributed by atoms with Crippen molar-refractivity contribution in [2.24, 2.45) is 17.6 Å². The van der Waals surface area contributed by atoms with E-state index < -0.39 is 58.0 Å². The number of hydrogen-bond acceptors (Lipinski definition) is 11. The Bertz CT molecular complexity index is 1450. The van der Waals surface area contributed by atoms with Crippen LogP contribution in [0.25, 0.3) is 16.9 Å². The Morgan fingerprint density at radius 1 is 1.14 bits per heavy atom. The van der Waals surface area contributed by atoms with Gasteiger partial charge in [-0.25, -0.2) is 9.97 Å². The molecule has 1 amide bonds. The van der Waals surface area contributed by atoms with Crippen LogP contribution < -0.4 is 11.5 Å². The van der Waals surface area contributed by atoms with Crippen LogP contribution in [-0.4, -0.2) is 78.5 Å². The molecule has 3 aliphatic carbocycles. The van der Waals surface area contributed by atoms with Gasteiger partial charge in [0.05, 0.1) is 11.6 Å². The molecule has 2 aromatic rings. The molecular weight excluding hydrogens is 482 g/mol. The number of aliphatic hydroxyl groups is 3. The van der Waals surface area contributed by atoms with E-state index in [1.807, 2.05) is 0 Å². The summed E-state index contributed by atoms with van der Waals surface area (Å²) in [5.74, 6) is -6.90. The van der Waals surface area contributed by atoms with Gasteiger partial charge in [0.25, 0.3) is 5.91 Å². The number of carbonyl (C=O) groups is 3. The molecule has 1 aromatic carbocycles. The number of amides is 1. The maximum Gasteiger partial charge on any atom is 0.255 e. The zero-order valence-corrected chi connectivity index (χ0v) is 20.0. The summed E-state index contributed by atoms with van der Waals surface area (Å²) in [6, 6.07) is 1.82. The van der Waals surface area contributed by atoms with Crippen molar-refractivity contribution >= 4 is 29.2 Å². The number of hydrogen-bond donors (Lipinski definition) is 6. The van der Waals surface area contributed by atoms with Crippen LogP contribution in [0.2, 0.25) is 0 Å². The van der Waals surface area contributed by atoms with E-state index in [-0.39, 0.29) is 35.7 Å². The number of primary amides is 1. The lowest BCUT2D eigenvalue weighted by molar-refractivity contribution is -0.153. The number of nitrogens with two attached hydrogens (primary N) is 2. The van der Waals surface area contributed by atoms with Gasteiger partial charge in [0.15, 0.2) is 11.4 Å². The van der Waals surface area contributed by atoms with Crippen molar-refractivity contribution in [3.63, 3.8) is 0 Å². The third-order valence-corrected chi connectivity index (χ3v) is 7.59. The predicted octanol–water partition coefficient (Wildman–Crippen LogP) is 0.00320. The largest absolute Gasteiger partial charge is 0.508 e. The predicted molar refractivity (Wildman–Crippen MR) is 130 cm³/mol. The molecule has 5 rings (SSSR count). The van der Waals surface area contributed by atoms with Crippen LogP contribution in [-0.2, 0) is 20.8 Å². The fourth-order valence-electron chi connectivity index (χ4n) is 5.99. The molecule has 1 aromatic heterocycles. The van der Waals surface area contributed by atoms with Gasteiger partial charge in [-0.05, 0) is 50.0 Å². The van der Waals surface area contributed by atoms with E-state index in [1.54, 1.807) is 20.2 Å². The first-order valence-corrected chi connectivity index (χ1v) is 11.5. The topological polar surface area (TPSA) is 213 Å². The summed E-state index contributed by atoms with van der Waals surface area (Å²) < 4.78 is 0. The maximum atomic E-state index is 13.8. The van der Waals surface area contributed by atoms with Gasteiger partial charge >= 0.3 is 0 Å². The first kappa shape index (κ1) is 24.4. The standard InChI is InChI=1S/C25H25N5O7/c1-30(2)18-13-6-9-5-12-11(10-7-28-24(27)29-8-10)3-4-14(31)16(12)19(32)15(9)21(34)25(13,37)22(35)17(20(18)33)23(26)36/h3-4,7-9,13,18,31-32,35,37H,5-6H2,1-2H3,(H2,26,36)(H2,27,28,29)/t9-,13-,18+,25-/m0/s1. The number of fused-ring (bicyclic) bond motifs is 3. The minimum absolute atomic E-state index is 0.000897. The Morgan fingerprint density at radius 3 is 2.38 bits per heavy atom. The first-order chi connectivity index (χ1) is 17.4. The molecule has 12 nitrogen and oxygen atoms in total. The molecule has 3 aliphatic rings. The van der Waals surface area contributed by atoms with Gasteiger partial charge in [-0.15, -0.1) is 0 Å². The minimum Gasteiger partial charge on any atom is -0.508 e. The number of benzene rings is 1. The summed E-state index contributed by atoms with van der Waals surface area (Å²) in [7, 11) is 3.09. The van der Waals surface area contributed by atoms with E-state index in [0.717, 1.165) is 0 Å². The SMILES string of the molecule is CN(C)[C@H]1C(=O)C(C(N)=O)=C(O)[C@@]2(O)C(=O)C3=C(O)c4c(O)ccc(-c5cnc(N)nc5)c4C[C@H]3C[C@@H]12. The number of aliphatic hydroxyl groups excluding tert-OH is 2. The Balaban J connectivity index is 1.74. The molecule has 0 radical (unpaired) electrons. The highest BCUT2D eigenvalue weighted by Gasteiger charge is 2.64. The van der Waals surface area contributed by atoms with Crippen molar-refractivity contribution in [3.05, 3.63) is 52.6 Å². The highest BCUT2D eigenvalue weighted by molar-refractivity contribution is 6.24. The van der Waals surface area contributed by atoms with Gasteiger partial charge in [-0.2, -0.15) is 0 Å². The number of ketones is 2. The Kier molecular flexibility index (Phi) is 5.35. The van der Waals surface area contributed by atoms with Crippen LogP contribution in [0.5, 0.6) is 5.75 Å². The van der Waals surface area contributed by atoms with Crippen molar-refractivity contribution in [1.82, 2.24) is 14.9 Å². The number of nitrogen functional groups attached to an aromatic ring is 1. The number of anilines is 1. The second kappa shape index (κ2) is 8.11. The zero-order chi connectivity index (χ0) is 27.0. The molecule has 0 saturated heterocycles. The fraction of sp³-hybridized carbons (Fsp3) is 0.320. The highest BCUT2D eigenvalue weighted by Crippen LogP contribution is 2.53. The molecule has 0 bridgehead atoms. The van der Waals surface area contributed by atoms with Gasteiger partial charge < -0.3 is 31.9 Å². The van der Waals surface area contributed by atoms with E-state index in [2.05, 4.69) is 9.97 Å². The number of rotatable bonds is 3. The molecule has 1 saturated carbocycles. The Hall–Kier alpha value is -4.29. The number of nitrogens with zero attached hydrogens (tertiary/aromatic N) is 3. The van der Waals surface area contributed by atoms with Crippen LogP contribution in [0.3, 0.4) is 0 Å². The van der Waals surface area contributed by atoms with E-state index in [4.69, 9.17) is 11.5 Å². The van der Waals surface area contributed by atoms with Crippen molar-refractivity contribution in [3.8, 4) is 16.9 Å². The van der Waals surface area contributed by atoms with Crippen LogP contribution in [0.4, 0.5) is 5.95 Å². The van der Waals surface area contributed by atoms with Crippen molar-refractivity contribution in [2.45, 2.75) is 24.5 Å². The van der Waals surface area contributed by atoms with Gasteiger partial charge in [-0.3, -0.25) is 19.3 Å². The number of phenolic OH excluding ortho intramolecular Hbond substituents is 1. The van der Waals surface area contributed by atoms with E-state index in [0.29, 0.717) is 16.7 Å². The average Bonchev–Trinajstić information content (AvgIpc) is 2.82. The molecular formula is C25H25N5O7. The third-order valence-electron chi connectivity index (χ3n) is 7.59. The number of carbonyl (C=O) groups excluding carboxylic acids is 3. The Morgan fingerprint density at radius 2 is 1.78 bits per heavy atom. The molecule has 0 aliphatic heterocycles. The second-order valence-corrected chi connectivity index (χ2v) is 9.78. The average molecular weight is 508 g/mol.